The third-order valence-electron chi connectivity index (χ3n) is 7.20. The normalized spacial score (nSPS) is 22.8. The minimum Gasteiger partial charge on any atom is -0.756 e. The smallest absolute Gasteiger partial charge is 0.756 e. The molecule has 300 valence electrons. The van der Waals surface area contributed by atoms with E-state index in [4.69, 9.17) is 10.5 Å². The van der Waals surface area contributed by atoms with Gasteiger partial charge in [-0.05, 0) is 0 Å². The van der Waals surface area contributed by atoms with Crippen LogP contribution in [0.3, 0.4) is 0 Å². The summed E-state index contributed by atoms with van der Waals surface area (Å²) in [7, 11) is -17.3. The molecule has 24 nitrogen and oxygen atoms in total. The first-order valence-electron chi connectivity index (χ1n) is 15.4. The number of imidazole rings is 1. The van der Waals surface area contributed by atoms with Gasteiger partial charge in [0.05, 0.1) is 19.5 Å². The Balaban J connectivity index is 0.0000101. The van der Waals surface area contributed by atoms with Crippen molar-refractivity contribution >= 4 is 69.1 Å². The zero-order valence-corrected chi connectivity index (χ0v) is 35.0. The van der Waals surface area contributed by atoms with Crippen LogP contribution in [0.2, 0.25) is 0 Å². The topological polar surface area (TPSA) is 372 Å². The summed E-state index contributed by atoms with van der Waals surface area (Å²) in [6.07, 6.45) is -7.36. The first kappa shape index (κ1) is 48.7. The SMILES string of the molecule is CC(C)C(=O)SCCNC(=O)CCNC(=O)C(O)C(C)(C)COP(=O)([O-])OP(=O)([O-])OCC1OC(n2cnc3c(N)ncnc32)C(O)C1OP(=O)([O-])O.[Na+]. The average Bonchev–Trinajstić information content (AvgIpc) is 3.60. The van der Waals surface area contributed by atoms with E-state index in [0.29, 0.717) is 5.75 Å². The second-order valence-corrected chi connectivity index (χ2v) is 17.5. The molecule has 1 aliphatic heterocycles. The molecule has 1 saturated heterocycles. The summed E-state index contributed by atoms with van der Waals surface area (Å²) in [5.74, 6) is -1.32. The maximum Gasteiger partial charge on any atom is 1.00 e. The number of phosphoric ester groups is 3. The third-order valence-corrected chi connectivity index (χ3v) is 11.4. The van der Waals surface area contributed by atoms with Crippen molar-refractivity contribution in [3.63, 3.8) is 0 Å². The van der Waals surface area contributed by atoms with Crippen molar-refractivity contribution in [2.45, 2.75) is 64.8 Å². The van der Waals surface area contributed by atoms with Gasteiger partial charge in [-0.2, -0.15) is 0 Å². The van der Waals surface area contributed by atoms with E-state index in [1.165, 1.54) is 13.8 Å². The van der Waals surface area contributed by atoms with Crippen molar-refractivity contribution < 1.29 is 110 Å². The Hall–Kier alpha value is -1.44. The fourth-order valence-electron chi connectivity index (χ4n) is 4.43. The molecule has 8 atom stereocenters. The number of aliphatic hydroxyl groups is 2. The molecule has 1 fully saturated rings. The van der Waals surface area contributed by atoms with E-state index in [2.05, 4.69) is 43.5 Å². The molecule has 2 aromatic heterocycles. The number of nitrogens with one attached hydrogen (secondary N) is 2. The average molecular weight is 858 g/mol. The molecule has 54 heavy (non-hydrogen) atoms. The number of hydrogen-bond donors (Lipinski definition) is 6. The third kappa shape index (κ3) is 14.5. The molecule has 0 aromatic carbocycles. The Labute approximate surface area is 334 Å². The number of aromatic nitrogens is 4. The Bertz CT molecular complexity index is 1770. The number of nitrogen functional groups attached to an aromatic ring is 1. The van der Waals surface area contributed by atoms with Gasteiger partial charge in [0.1, 0.15) is 36.3 Å². The number of carbonyl (C=O) groups excluding carboxylic acids is 3. The summed E-state index contributed by atoms with van der Waals surface area (Å²) in [5.41, 5.74) is 4.11. The number of hydrogen-bond acceptors (Lipinski definition) is 21. The Kier molecular flexibility index (Phi) is 18.3. The summed E-state index contributed by atoms with van der Waals surface area (Å²) < 4.78 is 60.7. The van der Waals surface area contributed by atoms with Crippen LogP contribution in [-0.4, -0.2) is 108 Å². The molecule has 0 aliphatic carbocycles. The molecule has 0 spiro atoms. The minimum absolute atomic E-state index is 0. The van der Waals surface area contributed by atoms with Crippen LogP contribution in [0.5, 0.6) is 0 Å². The largest absolute Gasteiger partial charge is 1.00 e. The fraction of sp³-hybridized carbons (Fsp3) is 0.680. The number of ether oxygens (including phenoxy) is 1. The Morgan fingerprint density at radius 2 is 1.74 bits per heavy atom. The predicted octanol–water partition coefficient (Wildman–Crippen LogP) is -5.57. The van der Waals surface area contributed by atoms with Crippen LogP contribution >= 0.6 is 35.2 Å². The van der Waals surface area contributed by atoms with Crippen LogP contribution in [0.1, 0.15) is 40.3 Å². The number of amides is 2. The molecule has 2 amide bonds. The van der Waals surface area contributed by atoms with E-state index in [1.54, 1.807) is 13.8 Å². The molecular formula is C25H39N7NaO17P3S-2. The first-order valence-corrected chi connectivity index (χ1v) is 20.8. The molecule has 29 heteroatoms. The molecule has 2 aromatic rings. The number of nitrogens with two attached hydrogens (primary N) is 1. The first-order chi connectivity index (χ1) is 24.4. The number of aliphatic hydroxyl groups excluding tert-OH is 2. The summed E-state index contributed by atoms with van der Waals surface area (Å²) >= 11 is 1.07. The van der Waals surface area contributed by atoms with Gasteiger partial charge >= 0.3 is 29.6 Å². The van der Waals surface area contributed by atoms with Gasteiger partial charge in [-0.15, -0.1) is 0 Å². The van der Waals surface area contributed by atoms with Crippen molar-refractivity contribution in [1.82, 2.24) is 30.2 Å². The van der Waals surface area contributed by atoms with Crippen molar-refractivity contribution in [2.75, 3.05) is 37.8 Å². The van der Waals surface area contributed by atoms with Gasteiger partial charge in [-0.3, -0.25) is 32.6 Å². The number of fused-ring (bicyclic) bond motifs is 1. The van der Waals surface area contributed by atoms with Crippen LogP contribution in [0.4, 0.5) is 5.82 Å². The fourth-order valence-corrected chi connectivity index (χ4v) is 7.91. The summed E-state index contributed by atoms with van der Waals surface area (Å²) in [4.78, 5) is 93.4. The Morgan fingerprint density at radius 3 is 2.37 bits per heavy atom. The van der Waals surface area contributed by atoms with Crippen LogP contribution < -0.4 is 60.6 Å². The van der Waals surface area contributed by atoms with Crippen LogP contribution in [0.25, 0.3) is 11.2 Å². The predicted molar refractivity (Wildman–Crippen MR) is 175 cm³/mol. The molecule has 0 radical (unpaired) electrons. The quantitative estimate of drug-likeness (QED) is 0.0411. The summed E-state index contributed by atoms with van der Waals surface area (Å²) in [6, 6.07) is 0. The van der Waals surface area contributed by atoms with E-state index in [9.17, 15) is 57.9 Å². The minimum atomic E-state index is -5.89. The van der Waals surface area contributed by atoms with Crippen molar-refractivity contribution in [3.05, 3.63) is 12.7 Å². The van der Waals surface area contributed by atoms with Crippen molar-refractivity contribution in [2.24, 2.45) is 11.3 Å². The van der Waals surface area contributed by atoms with Crippen LogP contribution in [0, 0.1) is 11.3 Å². The summed E-state index contributed by atoms with van der Waals surface area (Å²) in [6.45, 7) is 3.66. The number of carbonyl (C=O) groups is 3. The van der Waals surface area contributed by atoms with Gasteiger partial charge in [-0.25, -0.2) is 19.3 Å². The second kappa shape index (κ2) is 20.3. The van der Waals surface area contributed by atoms with Crippen LogP contribution in [-0.2, 0) is 50.7 Å². The summed E-state index contributed by atoms with van der Waals surface area (Å²) in [5, 5.41) is 26.1. The number of anilines is 1. The van der Waals surface area contributed by atoms with Gasteiger partial charge in [0, 0.05) is 36.6 Å². The standard InChI is InChI=1S/C25H42N7O17P3S.Na/c1-13(2)24(37)53-8-7-27-15(33)5-6-28-22(36)19(35)25(3,4)10-46-52(43,44)49-51(41,42)45-9-14-18(48-50(38,39)40)17(34)23(47-14)32-12-31-16-20(26)29-11-30-21(16)32;/h11-14,17-19,23,34-35H,5-10H2,1-4H3,(H,27,33)(H,28,36)(H,41,42)(H,43,44)(H2,26,29,30)(H2,38,39,40);/q;+1/p-3. The van der Waals surface area contributed by atoms with Crippen molar-refractivity contribution in [3.8, 4) is 0 Å². The molecule has 0 bridgehead atoms. The maximum atomic E-state index is 12.5. The molecule has 0 saturated carbocycles. The van der Waals surface area contributed by atoms with E-state index in [-0.39, 0.29) is 77.1 Å². The van der Waals surface area contributed by atoms with Gasteiger partial charge in [0.25, 0.3) is 23.5 Å². The number of phosphoric acid groups is 3. The molecular weight excluding hydrogens is 818 g/mol. The van der Waals surface area contributed by atoms with Gasteiger partial charge in [0.15, 0.2) is 22.8 Å². The zero-order valence-electron chi connectivity index (χ0n) is 29.5. The van der Waals surface area contributed by atoms with Crippen molar-refractivity contribution in [1.29, 1.82) is 0 Å². The van der Waals surface area contributed by atoms with Gasteiger partial charge in [0.2, 0.25) is 11.8 Å². The molecule has 3 heterocycles. The zero-order chi connectivity index (χ0) is 39.9. The van der Waals surface area contributed by atoms with Crippen LogP contribution in [0.15, 0.2) is 12.7 Å². The Morgan fingerprint density at radius 1 is 1.09 bits per heavy atom. The molecule has 1 aliphatic rings. The molecule has 7 N–H and O–H groups in total. The van der Waals surface area contributed by atoms with E-state index >= 15 is 0 Å². The maximum absolute atomic E-state index is 12.5. The monoisotopic (exact) mass is 857 g/mol. The number of thioether (sulfide) groups is 1. The van der Waals surface area contributed by atoms with E-state index in [0.717, 1.165) is 29.0 Å². The van der Waals surface area contributed by atoms with E-state index in [1.807, 2.05) is 0 Å². The number of rotatable bonds is 20. The van der Waals surface area contributed by atoms with Gasteiger partial charge < -0.3 is 64.5 Å². The molecule has 8 unspecified atom stereocenters. The van der Waals surface area contributed by atoms with E-state index < -0.39 is 84.6 Å². The number of nitrogens with zero attached hydrogens (tertiary/aromatic N) is 4. The second-order valence-electron chi connectivity index (χ2n) is 12.3. The van der Waals surface area contributed by atoms with Gasteiger partial charge in [-0.1, -0.05) is 39.5 Å². The molecule has 3 rings (SSSR count).